The summed E-state index contributed by atoms with van der Waals surface area (Å²) in [5.41, 5.74) is -0.833. The van der Waals surface area contributed by atoms with Gasteiger partial charge in [-0.3, -0.25) is 9.59 Å². The fraction of sp³-hybridized carbons (Fsp3) is 0.786. The van der Waals surface area contributed by atoms with Gasteiger partial charge in [0.05, 0.1) is 0 Å². The average molecular weight is 299 g/mol. The predicted octanol–water partition coefficient (Wildman–Crippen LogP) is 0.894. The number of carbonyl (C=O) groups excluding carboxylic acids is 2. The molecule has 0 aromatic carbocycles. The second kappa shape index (κ2) is 7.28. The van der Waals surface area contributed by atoms with Crippen molar-refractivity contribution in [1.29, 1.82) is 0 Å². The molecule has 1 aliphatic heterocycles. The maximum absolute atomic E-state index is 12.2. The van der Waals surface area contributed by atoms with Crippen LogP contribution >= 0.6 is 0 Å². The van der Waals surface area contributed by atoms with E-state index in [2.05, 4.69) is 5.32 Å². The standard InChI is InChI=1S/C14H25N3O4/c1-14(2)12(20)16(3)9-10-17(14)13(21)15-8-6-4-5-7-11(18)19/h4-10H2,1-3H3,(H,15,21)(H,18,19). The zero-order valence-corrected chi connectivity index (χ0v) is 13.0. The zero-order valence-electron chi connectivity index (χ0n) is 13.0. The Kier molecular flexibility index (Phi) is 5.99. The van der Waals surface area contributed by atoms with Crippen LogP contribution in [-0.4, -0.2) is 65.0 Å². The van der Waals surface area contributed by atoms with Gasteiger partial charge in [-0.2, -0.15) is 0 Å². The Morgan fingerprint density at radius 3 is 2.52 bits per heavy atom. The third-order valence-electron chi connectivity index (χ3n) is 3.79. The molecule has 0 radical (unpaired) electrons. The number of amides is 3. The molecule has 1 rings (SSSR count). The summed E-state index contributed by atoms with van der Waals surface area (Å²) in [5.74, 6) is -0.859. The molecule has 0 aliphatic carbocycles. The molecular weight excluding hydrogens is 274 g/mol. The van der Waals surface area contributed by atoms with Gasteiger partial charge < -0.3 is 20.2 Å². The van der Waals surface area contributed by atoms with Crippen LogP contribution in [0.4, 0.5) is 4.79 Å². The number of piperazine rings is 1. The van der Waals surface area contributed by atoms with E-state index < -0.39 is 11.5 Å². The van der Waals surface area contributed by atoms with Crippen molar-refractivity contribution in [2.24, 2.45) is 0 Å². The van der Waals surface area contributed by atoms with E-state index in [-0.39, 0.29) is 18.4 Å². The molecule has 3 amide bonds. The molecule has 0 atom stereocenters. The number of urea groups is 1. The van der Waals surface area contributed by atoms with Gasteiger partial charge in [0.25, 0.3) is 0 Å². The molecule has 1 aliphatic rings. The van der Waals surface area contributed by atoms with Crippen molar-refractivity contribution in [3.8, 4) is 0 Å². The molecule has 0 unspecified atom stereocenters. The van der Waals surface area contributed by atoms with Crippen LogP contribution < -0.4 is 5.32 Å². The summed E-state index contributed by atoms with van der Waals surface area (Å²) >= 11 is 0. The topological polar surface area (TPSA) is 89.9 Å². The lowest BCUT2D eigenvalue weighted by Crippen LogP contribution is -2.65. The maximum Gasteiger partial charge on any atom is 0.318 e. The molecule has 0 aromatic heterocycles. The molecule has 1 fully saturated rings. The Morgan fingerprint density at radius 1 is 1.24 bits per heavy atom. The van der Waals surface area contributed by atoms with E-state index in [0.29, 0.717) is 26.1 Å². The van der Waals surface area contributed by atoms with Crippen molar-refractivity contribution in [2.75, 3.05) is 26.7 Å². The Hall–Kier alpha value is -1.79. The molecule has 7 nitrogen and oxygen atoms in total. The first-order valence-corrected chi connectivity index (χ1v) is 7.29. The van der Waals surface area contributed by atoms with Crippen LogP contribution in [0.3, 0.4) is 0 Å². The first-order chi connectivity index (χ1) is 9.76. The number of unbranched alkanes of at least 4 members (excludes halogenated alkanes) is 2. The van der Waals surface area contributed by atoms with Crippen molar-refractivity contribution in [1.82, 2.24) is 15.1 Å². The lowest BCUT2D eigenvalue weighted by Gasteiger charge is -2.44. The minimum absolute atomic E-state index is 0.0645. The van der Waals surface area contributed by atoms with Gasteiger partial charge >= 0.3 is 12.0 Å². The van der Waals surface area contributed by atoms with E-state index in [0.717, 1.165) is 12.8 Å². The van der Waals surface area contributed by atoms with E-state index in [1.54, 1.807) is 30.7 Å². The summed E-state index contributed by atoms with van der Waals surface area (Å²) in [5, 5.41) is 11.3. The van der Waals surface area contributed by atoms with Gasteiger partial charge in [-0.15, -0.1) is 0 Å². The number of hydrogen-bond acceptors (Lipinski definition) is 3. The van der Waals surface area contributed by atoms with E-state index in [9.17, 15) is 14.4 Å². The van der Waals surface area contributed by atoms with Crippen LogP contribution in [0.2, 0.25) is 0 Å². The fourth-order valence-electron chi connectivity index (χ4n) is 2.44. The molecule has 0 aromatic rings. The molecule has 21 heavy (non-hydrogen) atoms. The molecule has 120 valence electrons. The van der Waals surface area contributed by atoms with E-state index in [1.807, 2.05) is 0 Å². The maximum atomic E-state index is 12.2. The molecule has 1 saturated heterocycles. The van der Waals surface area contributed by atoms with Crippen LogP contribution in [0.1, 0.15) is 39.5 Å². The SMILES string of the molecule is CN1CCN(C(=O)NCCCCCC(=O)O)C(C)(C)C1=O. The minimum atomic E-state index is -0.833. The monoisotopic (exact) mass is 299 g/mol. The number of carboxylic acids is 1. The van der Waals surface area contributed by atoms with Gasteiger partial charge in [-0.1, -0.05) is 6.42 Å². The predicted molar refractivity (Wildman–Crippen MR) is 77.9 cm³/mol. The summed E-state index contributed by atoms with van der Waals surface area (Å²) in [7, 11) is 1.74. The Balaban J connectivity index is 2.35. The Bertz CT molecular complexity index is 409. The first-order valence-electron chi connectivity index (χ1n) is 7.29. The van der Waals surface area contributed by atoms with Crippen LogP contribution in [0.25, 0.3) is 0 Å². The molecule has 7 heteroatoms. The van der Waals surface area contributed by atoms with Gasteiger partial charge in [-0.25, -0.2) is 4.79 Å². The molecule has 1 heterocycles. The number of rotatable bonds is 6. The number of carboxylic acid groups (broad SMARTS) is 1. The van der Waals surface area contributed by atoms with Crippen LogP contribution in [-0.2, 0) is 9.59 Å². The van der Waals surface area contributed by atoms with Crippen LogP contribution in [0.15, 0.2) is 0 Å². The van der Waals surface area contributed by atoms with Crippen molar-refractivity contribution in [3.05, 3.63) is 0 Å². The highest BCUT2D eigenvalue weighted by molar-refractivity contribution is 5.91. The Morgan fingerprint density at radius 2 is 1.90 bits per heavy atom. The first kappa shape index (κ1) is 17.3. The molecule has 0 spiro atoms. The number of nitrogens with zero attached hydrogens (tertiary/aromatic N) is 2. The molecule has 2 N–H and O–H groups in total. The van der Waals surface area contributed by atoms with Crippen molar-refractivity contribution in [3.63, 3.8) is 0 Å². The summed E-state index contributed by atoms with van der Waals surface area (Å²) < 4.78 is 0. The Labute approximate surface area is 125 Å². The molecular formula is C14H25N3O4. The minimum Gasteiger partial charge on any atom is -0.481 e. The van der Waals surface area contributed by atoms with E-state index in [4.69, 9.17) is 5.11 Å². The highest BCUT2D eigenvalue weighted by atomic mass is 16.4. The third kappa shape index (κ3) is 4.61. The van der Waals surface area contributed by atoms with Gasteiger partial charge in [0.2, 0.25) is 5.91 Å². The third-order valence-corrected chi connectivity index (χ3v) is 3.79. The summed E-state index contributed by atoms with van der Waals surface area (Å²) in [6.45, 7) is 5.04. The number of nitrogens with one attached hydrogen (secondary N) is 1. The van der Waals surface area contributed by atoms with Gasteiger partial charge in [0.15, 0.2) is 0 Å². The average Bonchev–Trinajstić information content (AvgIpc) is 2.39. The molecule has 0 saturated carbocycles. The lowest BCUT2D eigenvalue weighted by atomic mass is 9.98. The van der Waals surface area contributed by atoms with Crippen LogP contribution in [0, 0.1) is 0 Å². The number of carbonyl (C=O) groups is 3. The van der Waals surface area contributed by atoms with Crippen molar-refractivity contribution < 1.29 is 19.5 Å². The van der Waals surface area contributed by atoms with E-state index in [1.165, 1.54) is 0 Å². The number of aliphatic carboxylic acids is 1. The largest absolute Gasteiger partial charge is 0.481 e. The molecule has 0 bridgehead atoms. The second-order valence-corrected chi connectivity index (χ2v) is 5.87. The number of likely N-dealkylation sites (N-methyl/N-ethyl adjacent to an activating group) is 1. The normalized spacial score (nSPS) is 17.8. The van der Waals surface area contributed by atoms with Gasteiger partial charge in [0.1, 0.15) is 5.54 Å². The zero-order chi connectivity index (χ0) is 16.0. The highest BCUT2D eigenvalue weighted by Gasteiger charge is 2.42. The van der Waals surface area contributed by atoms with E-state index >= 15 is 0 Å². The van der Waals surface area contributed by atoms with Crippen molar-refractivity contribution in [2.45, 2.75) is 45.1 Å². The lowest BCUT2D eigenvalue weighted by molar-refractivity contribution is -0.144. The fourth-order valence-corrected chi connectivity index (χ4v) is 2.44. The van der Waals surface area contributed by atoms with Gasteiger partial charge in [-0.05, 0) is 26.7 Å². The summed E-state index contributed by atoms with van der Waals surface area (Å²) in [4.78, 5) is 37.8. The van der Waals surface area contributed by atoms with Gasteiger partial charge in [0, 0.05) is 33.1 Å². The second-order valence-electron chi connectivity index (χ2n) is 5.87. The smallest absolute Gasteiger partial charge is 0.318 e. The number of hydrogen-bond donors (Lipinski definition) is 2. The van der Waals surface area contributed by atoms with Crippen molar-refractivity contribution >= 4 is 17.9 Å². The van der Waals surface area contributed by atoms with Crippen LogP contribution in [0.5, 0.6) is 0 Å². The quantitative estimate of drug-likeness (QED) is 0.713. The highest BCUT2D eigenvalue weighted by Crippen LogP contribution is 2.21. The summed E-state index contributed by atoms with van der Waals surface area (Å²) in [6.07, 6.45) is 2.27. The summed E-state index contributed by atoms with van der Waals surface area (Å²) in [6, 6.07) is -0.236.